The molecule has 0 bridgehead atoms. The van der Waals surface area contributed by atoms with Crippen molar-refractivity contribution in [1.82, 2.24) is 9.97 Å². The predicted octanol–water partition coefficient (Wildman–Crippen LogP) is 5.06. The Morgan fingerprint density at radius 2 is 1.48 bits per heavy atom. The van der Waals surface area contributed by atoms with Crippen molar-refractivity contribution in [3.05, 3.63) is 72.8 Å². The molecule has 1 heterocycles. The minimum Gasteiger partial charge on any atom is -0.497 e. The Morgan fingerprint density at radius 1 is 0.741 bits per heavy atom. The van der Waals surface area contributed by atoms with E-state index in [1.54, 1.807) is 14.2 Å². The Morgan fingerprint density at radius 3 is 2.30 bits per heavy atom. The first kappa shape index (κ1) is 16.8. The van der Waals surface area contributed by atoms with E-state index in [0.717, 1.165) is 39.5 Å². The number of aromatic nitrogens is 2. The van der Waals surface area contributed by atoms with Crippen molar-refractivity contribution in [2.45, 2.75) is 0 Å². The van der Waals surface area contributed by atoms with Crippen LogP contribution in [0.15, 0.2) is 72.8 Å². The maximum absolute atomic E-state index is 5.33. The molecule has 3 aromatic carbocycles. The van der Waals surface area contributed by atoms with E-state index in [2.05, 4.69) is 5.32 Å². The number of fused-ring (bicyclic) bond motifs is 1. The SMILES string of the molecule is COc1cccc(Nc2nc(-c3cccc(OC)c3)nc3ccccc23)c1. The van der Waals surface area contributed by atoms with Crippen molar-refractivity contribution >= 4 is 22.4 Å². The Balaban J connectivity index is 1.83. The molecular weight excluding hydrogens is 338 g/mol. The fourth-order valence-corrected chi connectivity index (χ4v) is 2.90. The van der Waals surface area contributed by atoms with Crippen LogP contribution >= 0.6 is 0 Å². The van der Waals surface area contributed by atoms with Crippen LogP contribution in [0.4, 0.5) is 11.5 Å². The molecule has 5 heteroatoms. The average Bonchev–Trinajstić information content (AvgIpc) is 2.74. The molecule has 5 nitrogen and oxygen atoms in total. The van der Waals surface area contributed by atoms with E-state index in [4.69, 9.17) is 19.4 Å². The number of hydrogen-bond acceptors (Lipinski definition) is 5. The van der Waals surface area contributed by atoms with Crippen molar-refractivity contribution < 1.29 is 9.47 Å². The summed E-state index contributed by atoms with van der Waals surface area (Å²) in [4.78, 5) is 9.50. The summed E-state index contributed by atoms with van der Waals surface area (Å²) in [5, 5.41) is 4.35. The summed E-state index contributed by atoms with van der Waals surface area (Å²) in [6.07, 6.45) is 0. The zero-order valence-electron chi connectivity index (χ0n) is 15.1. The third-order valence-corrected chi connectivity index (χ3v) is 4.26. The largest absolute Gasteiger partial charge is 0.497 e. The minimum atomic E-state index is 0.637. The van der Waals surface area contributed by atoms with Gasteiger partial charge in [-0.15, -0.1) is 0 Å². The molecule has 134 valence electrons. The number of methoxy groups -OCH3 is 2. The van der Waals surface area contributed by atoms with Crippen molar-refractivity contribution in [2.24, 2.45) is 0 Å². The molecule has 0 aliphatic heterocycles. The molecule has 0 aliphatic carbocycles. The summed E-state index contributed by atoms with van der Waals surface area (Å²) >= 11 is 0. The fraction of sp³-hybridized carbons (Fsp3) is 0.0909. The first-order valence-electron chi connectivity index (χ1n) is 8.59. The molecule has 0 aliphatic rings. The topological polar surface area (TPSA) is 56.3 Å². The summed E-state index contributed by atoms with van der Waals surface area (Å²) in [6, 6.07) is 23.4. The zero-order valence-corrected chi connectivity index (χ0v) is 15.1. The lowest BCUT2D eigenvalue weighted by molar-refractivity contribution is 0.415. The summed E-state index contributed by atoms with van der Waals surface area (Å²) in [5.41, 5.74) is 2.67. The molecule has 1 aromatic heterocycles. The highest BCUT2D eigenvalue weighted by molar-refractivity contribution is 5.92. The number of para-hydroxylation sites is 1. The van der Waals surface area contributed by atoms with Gasteiger partial charge in [0, 0.05) is 22.7 Å². The zero-order chi connectivity index (χ0) is 18.6. The van der Waals surface area contributed by atoms with Crippen LogP contribution in [0.2, 0.25) is 0 Å². The second-order valence-corrected chi connectivity index (χ2v) is 6.00. The third kappa shape index (κ3) is 3.53. The van der Waals surface area contributed by atoms with Crippen LogP contribution in [0.25, 0.3) is 22.3 Å². The van der Waals surface area contributed by atoms with Gasteiger partial charge in [-0.2, -0.15) is 0 Å². The van der Waals surface area contributed by atoms with Crippen molar-refractivity contribution in [1.29, 1.82) is 0 Å². The number of ether oxygens (including phenoxy) is 2. The number of nitrogens with one attached hydrogen (secondary N) is 1. The molecule has 0 saturated heterocycles. The van der Waals surface area contributed by atoms with E-state index in [1.165, 1.54) is 0 Å². The minimum absolute atomic E-state index is 0.637. The molecule has 0 unspecified atom stereocenters. The lowest BCUT2D eigenvalue weighted by Crippen LogP contribution is -1.99. The van der Waals surface area contributed by atoms with Crippen molar-refractivity contribution in [3.8, 4) is 22.9 Å². The lowest BCUT2D eigenvalue weighted by atomic mass is 10.1. The second kappa shape index (κ2) is 7.33. The summed E-state index contributed by atoms with van der Waals surface area (Å²) in [5.74, 6) is 2.93. The van der Waals surface area contributed by atoms with Gasteiger partial charge in [0.2, 0.25) is 0 Å². The molecule has 27 heavy (non-hydrogen) atoms. The Labute approximate surface area is 157 Å². The first-order valence-corrected chi connectivity index (χ1v) is 8.59. The second-order valence-electron chi connectivity index (χ2n) is 6.00. The van der Waals surface area contributed by atoms with Gasteiger partial charge >= 0.3 is 0 Å². The highest BCUT2D eigenvalue weighted by Crippen LogP contribution is 2.29. The highest BCUT2D eigenvalue weighted by atomic mass is 16.5. The third-order valence-electron chi connectivity index (χ3n) is 4.26. The molecule has 0 radical (unpaired) electrons. The van der Waals surface area contributed by atoms with Gasteiger partial charge in [0.1, 0.15) is 17.3 Å². The van der Waals surface area contributed by atoms with Gasteiger partial charge < -0.3 is 14.8 Å². The number of nitrogens with zero attached hydrogens (tertiary/aromatic N) is 2. The van der Waals surface area contributed by atoms with Crippen molar-refractivity contribution in [2.75, 3.05) is 19.5 Å². The quantitative estimate of drug-likeness (QED) is 0.541. The molecule has 0 fully saturated rings. The number of hydrogen-bond donors (Lipinski definition) is 1. The average molecular weight is 357 g/mol. The van der Waals surface area contributed by atoms with Crippen LogP contribution in [-0.4, -0.2) is 24.2 Å². The lowest BCUT2D eigenvalue weighted by Gasteiger charge is -2.12. The normalized spacial score (nSPS) is 10.6. The van der Waals surface area contributed by atoms with Crippen LogP contribution in [0.5, 0.6) is 11.5 Å². The fourth-order valence-electron chi connectivity index (χ4n) is 2.90. The van der Waals surface area contributed by atoms with E-state index < -0.39 is 0 Å². The maximum Gasteiger partial charge on any atom is 0.162 e. The van der Waals surface area contributed by atoms with Crippen LogP contribution < -0.4 is 14.8 Å². The van der Waals surface area contributed by atoms with Gasteiger partial charge in [-0.25, -0.2) is 9.97 Å². The molecule has 0 saturated carbocycles. The Kier molecular flexibility index (Phi) is 4.58. The van der Waals surface area contributed by atoms with Gasteiger partial charge in [-0.3, -0.25) is 0 Å². The molecule has 4 rings (SSSR count). The first-order chi connectivity index (χ1) is 13.3. The van der Waals surface area contributed by atoms with Crippen LogP contribution in [0.3, 0.4) is 0 Å². The predicted molar refractivity (Wildman–Crippen MR) is 108 cm³/mol. The summed E-state index contributed by atoms with van der Waals surface area (Å²) in [6.45, 7) is 0. The number of benzene rings is 3. The Bertz CT molecular complexity index is 1100. The monoisotopic (exact) mass is 357 g/mol. The van der Waals surface area contributed by atoms with E-state index >= 15 is 0 Å². The molecule has 4 aromatic rings. The van der Waals surface area contributed by atoms with Gasteiger partial charge in [0.25, 0.3) is 0 Å². The van der Waals surface area contributed by atoms with Gasteiger partial charge in [0.05, 0.1) is 19.7 Å². The molecular formula is C22H19N3O2. The van der Waals surface area contributed by atoms with Gasteiger partial charge in [-0.1, -0.05) is 30.3 Å². The van der Waals surface area contributed by atoms with E-state index in [9.17, 15) is 0 Å². The van der Waals surface area contributed by atoms with E-state index in [1.807, 2.05) is 72.8 Å². The van der Waals surface area contributed by atoms with E-state index in [-0.39, 0.29) is 0 Å². The Hall–Kier alpha value is -3.60. The van der Waals surface area contributed by atoms with Crippen LogP contribution in [0.1, 0.15) is 0 Å². The summed E-state index contributed by atoms with van der Waals surface area (Å²) in [7, 11) is 3.30. The van der Waals surface area contributed by atoms with Gasteiger partial charge in [-0.05, 0) is 36.4 Å². The highest BCUT2D eigenvalue weighted by Gasteiger charge is 2.10. The van der Waals surface area contributed by atoms with Crippen LogP contribution in [-0.2, 0) is 0 Å². The van der Waals surface area contributed by atoms with E-state index in [0.29, 0.717) is 5.82 Å². The standard InChI is InChI=1S/C22H19N3O2/c1-26-17-9-5-7-15(13-17)21-24-20-12-4-3-11-19(20)22(25-21)23-16-8-6-10-18(14-16)27-2/h3-14H,1-2H3,(H,23,24,25). The smallest absolute Gasteiger partial charge is 0.162 e. The van der Waals surface area contributed by atoms with Crippen molar-refractivity contribution in [3.63, 3.8) is 0 Å². The molecule has 1 N–H and O–H groups in total. The molecule has 0 atom stereocenters. The summed E-state index contributed by atoms with van der Waals surface area (Å²) < 4.78 is 10.6. The number of anilines is 2. The van der Waals surface area contributed by atoms with Crippen LogP contribution in [0, 0.1) is 0 Å². The molecule has 0 amide bonds. The number of rotatable bonds is 5. The molecule has 0 spiro atoms. The van der Waals surface area contributed by atoms with Gasteiger partial charge in [0.15, 0.2) is 5.82 Å². The maximum atomic E-state index is 5.33.